The lowest BCUT2D eigenvalue weighted by Gasteiger charge is -2.09. The van der Waals surface area contributed by atoms with Crippen molar-refractivity contribution in [2.24, 2.45) is 5.92 Å². The molecule has 2 aromatic carbocycles. The van der Waals surface area contributed by atoms with Crippen LogP contribution in [0.1, 0.15) is 24.1 Å². The predicted octanol–water partition coefficient (Wildman–Crippen LogP) is 4.01. The minimum absolute atomic E-state index is 0.0582. The van der Waals surface area contributed by atoms with Crippen molar-refractivity contribution >= 4 is 34.1 Å². The van der Waals surface area contributed by atoms with Crippen LogP contribution < -0.4 is 10.6 Å². The summed E-state index contributed by atoms with van der Waals surface area (Å²) >= 11 is 0. The molecule has 132 valence electrons. The molecule has 0 saturated heterocycles. The number of fused-ring (bicyclic) bond motifs is 1. The molecule has 3 N–H and O–H groups in total. The molecule has 2 amide bonds. The molecule has 0 atom stereocenters. The van der Waals surface area contributed by atoms with Crippen LogP contribution in [0, 0.1) is 12.8 Å². The lowest BCUT2D eigenvalue weighted by atomic mass is 10.1. The highest BCUT2D eigenvalue weighted by Gasteiger charge is 2.29. The van der Waals surface area contributed by atoms with Crippen molar-refractivity contribution in [3.05, 3.63) is 59.8 Å². The van der Waals surface area contributed by atoms with Gasteiger partial charge < -0.3 is 15.6 Å². The number of anilines is 2. The molecule has 1 heterocycles. The monoisotopic (exact) mass is 347 g/mol. The predicted molar refractivity (Wildman–Crippen MR) is 103 cm³/mol. The fourth-order valence-corrected chi connectivity index (χ4v) is 3.19. The number of aromatic nitrogens is 1. The van der Waals surface area contributed by atoms with E-state index < -0.39 is 0 Å². The molecular weight excluding hydrogens is 326 g/mol. The van der Waals surface area contributed by atoms with Crippen molar-refractivity contribution in [1.29, 1.82) is 0 Å². The van der Waals surface area contributed by atoms with Crippen molar-refractivity contribution in [2.45, 2.75) is 26.2 Å². The van der Waals surface area contributed by atoms with Crippen molar-refractivity contribution < 1.29 is 9.59 Å². The molecule has 0 radical (unpaired) electrons. The standard InChI is InChI=1S/C21H21N3O2/c1-13-18(17-7-2-3-8-19(17)22-13)12-20(25)23-15-5-4-6-16(11-15)24-21(26)14-9-10-14/h2-8,11,14,22H,9-10,12H2,1H3,(H,23,25)(H,24,26). The van der Waals surface area contributed by atoms with Gasteiger partial charge >= 0.3 is 0 Å². The number of hydrogen-bond donors (Lipinski definition) is 3. The quantitative estimate of drug-likeness (QED) is 0.652. The number of aryl methyl sites for hydroxylation is 1. The Hall–Kier alpha value is -3.08. The molecule has 1 saturated carbocycles. The number of hydrogen-bond acceptors (Lipinski definition) is 2. The molecule has 1 aliphatic rings. The number of rotatable bonds is 5. The van der Waals surface area contributed by atoms with Gasteiger partial charge in [-0.3, -0.25) is 9.59 Å². The Morgan fingerprint density at radius 2 is 1.77 bits per heavy atom. The second kappa shape index (κ2) is 6.67. The van der Waals surface area contributed by atoms with Gasteiger partial charge in [0, 0.05) is 33.9 Å². The number of amides is 2. The summed E-state index contributed by atoms with van der Waals surface area (Å²) in [7, 11) is 0. The topological polar surface area (TPSA) is 74.0 Å². The molecular formula is C21H21N3O2. The van der Waals surface area contributed by atoms with E-state index in [4.69, 9.17) is 0 Å². The first kappa shape index (κ1) is 16.4. The second-order valence-corrected chi connectivity index (χ2v) is 6.84. The number of carbonyl (C=O) groups excluding carboxylic acids is 2. The van der Waals surface area contributed by atoms with Crippen LogP contribution in [0.2, 0.25) is 0 Å². The maximum atomic E-state index is 12.5. The summed E-state index contributed by atoms with van der Waals surface area (Å²) in [5, 5.41) is 6.90. The first-order chi connectivity index (χ1) is 12.6. The smallest absolute Gasteiger partial charge is 0.228 e. The second-order valence-electron chi connectivity index (χ2n) is 6.84. The van der Waals surface area contributed by atoms with Crippen molar-refractivity contribution in [1.82, 2.24) is 4.98 Å². The molecule has 26 heavy (non-hydrogen) atoms. The molecule has 5 nitrogen and oxygen atoms in total. The SMILES string of the molecule is Cc1[nH]c2ccccc2c1CC(=O)Nc1cccc(NC(=O)C2CC2)c1. The Kier molecular flexibility index (Phi) is 4.21. The van der Waals surface area contributed by atoms with Crippen LogP contribution in [0.5, 0.6) is 0 Å². The van der Waals surface area contributed by atoms with Crippen LogP contribution in [-0.2, 0) is 16.0 Å². The zero-order valence-corrected chi connectivity index (χ0v) is 14.6. The molecule has 5 heteroatoms. The Balaban J connectivity index is 1.46. The minimum atomic E-state index is -0.0801. The molecule has 1 fully saturated rings. The molecule has 0 aliphatic heterocycles. The summed E-state index contributed by atoms with van der Waals surface area (Å²) < 4.78 is 0. The highest BCUT2D eigenvalue weighted by atomic mass is 16.2. The average molecular weight is 347 g/mol. The van der Waals surface area contributed by atoms with Crippen LogP contribution in [0.25, 0.3) is 10.9 Å². The van der Waals surface area contributed by atoms with Gasteiger partial charge in [-0.15, -0.1) is 0 Å². The van der Waals surface area contributed by atoms with E-state index in [1.54, 1.807) is 6.07 Å². The zero-order chi connectivity index (χ0) is 18.1. The summed E-state index contributed by atoms with van der Waals surface area (Å²) in [5.41, 5.74) is 4.45. The lowest BCUT2D eigenvalue weighted by Crippen LogP contribution is -2.16. The lowest BCUT2D eigenvalue weighted by molar-refractivity contribution is -0.117. The van der Waals surface area contributed by atoms with Crippen molar-refractivity contribution in [3.63, 3.8) is 0 Å². The molecule has 4 rings (SSSR count). The summed E-state index contributed by atoms with van der Waals surface area (Å²) in [6.07, 6.45) is 2.23. The molecule has 0 unspecified atom stereocenters. The van der Waals surface area contributed by atoms with Gasteiger partial charge in [0.05, 0.1) is 6.42 Å². The van der Waals surface area contributed by atoms with Crippen molar-refractivity contribution in [2.75, 3.05) is 10.6 Å². The van der Waals surface area contributed by atoms with E-state index in [1.807, 2.05) is 49.4 Å². The van der Waals surface area contributed by atoms with Gasteiger partial charge in [-0.1, -0.05) is 24.3 Å². The van der Waals surface area contributed by atoms with E-state index in [0.717, 1.165) is 35.0 Å². The van der Waals surface area contributed by atoms with Crippen molar-refractivity contribution in [3.8, 4) is 0 Å². The zero-order valence-electron chi connectivity index (χ0n) is 14.6. The summed E-state index contributed by atoms with van der Waals surface area (Å²) in [6, 6.07) is 15.3. The van der Waals surface area contributed by atoms with Gasteiger partial charge in [0.2, 0.25) is 11.8 Å². The third-order valence-corrected chi connectivity index (χ3v) is 4.73. The van der Waals surface area contributed by atoms with E-state index in [-0.39, 0.29) is 17.7 Å². The maximum absolute atomic E-state index is 12.5. The number of aromatic amines is 1. The van der Waals surface area contributed by atoms with Crippen LogP contribution in [0.3, 0.4) is 0 Å². The van der Waals surface area contributed by atoms with E-state index in [9.17, 15) is 9.59 Å². The number of nitrogens with one attached hydrogen (secondary N) is 3. The van der Waals surface area contributed by atoms with Gasteiger partial charge in [0.25, 0.3) is 0 Å². The van der Waals surface area contributed by atoms with E-state index in [1.165, 1.54) is 0 Å². The summed E-state index contributed by atoms with van der Waals surface area (Å²) in [5.74, 6) is 0.129. The van der Waals surface area contributed by atoms with Crippen LogP contribution >= 0.6 is 0 Å². The Morgan fingerprint density at radius 1 is 1.04 bits per heavy atom. The molecule has 0 spiro atoms. The Bertz CT molecular complexity index is 986. The van der Waals surface area contributed by atoms with Crippen LogP contribution in [0.4, 0.5) is 11.4 Å². The van der Waals surface area contributed by atoms with E-state index in [2.05, 4.69) is 15.6 Å². The van der Waals surface area contributed by atoms with Crippen LogP contribution in [0.15, 0.2) is 48.5 Å². The summed E-state index contributed by atoms with van der Waals surface area (Å²) in [4.78, 5) is 27.7. The van der Waals surface area contributed by atoms with E-state index in [0.29, 0.717) is 17.8 Å². The molecule has 3 aromatic rings. The van der Waals surface area contributed by atoms with E-state index >= 15 is 0 Å². The summed E-state index contributed by atoms with van der Waals surface area (Å²) in [6.45, 7) is 1.98. The van der Waals surface area contributed by atoms with Gasteiger partial charge in [0.1, 0.15) is 0 Å². The Labute approximate surface area is 151 Å². The first-order valence-electron chi connectivity index (χ1n) is 8.87. The maximum Gasteiger partial charge on any atom is 0.228 e. The molecule has 0 bridgehead atoms. The highest BCUT2D eigenvalue weighted by Crippen LogP contribution is 2.30. The highest BCUT2D eigenvalue weighted by molar-refractivity contribution is 5.98. The number of benzene rings is 2. The van der Waals surface area contributed by atoms with Crippen LogP contribution in [-0.4, -0.2) is 16.8 Å². The molecule has 1 aliphatic carbocycles. The molecule has 1 aromatic heterocycles. The number of H-pyrrole nitrogens is 1. The minimum Gasteiger partial charge on any atom is -0.358 e. The third kappa shape index (κ3) is 3.47. The Morgan fingerprint density at radius 3 is 2.54 bits per heavy atom. The number of carbonyl (C=O) groups is 2. The number of para-hydroxylation sites is 1. The fraction of sp³-hybridized carbons (Fsp3) is 0.238. The first-order valence-corrected chi connectivity index (χ1v) is 8.87. The van der Waals surface area contributed by atoms with Gasteiger partial charge in [-0.05, 0) is 49.6 Å². The average Bonchev–Trinajstić information content (AvgIpc) is 3.41. The van der Waals surface area contributed by atoms with Gasteiger partial charge in [-0.2, -0.15) is 0 Å². The van der Waals surface area contributed by atoms with Gasteiger partial charge in [-0.25, -0.2) is 0 Å². The van der Waals surface area contributed by atoms with Gasteiger partial charge in [0.15, 0.2) is 0 Å². The fourth-order valence-electron chi connectivity index (χ4n) is 3.19. The third-order valence-electron chi connectivity index (χ3n) is 4.73. The normalized spacial score (nSPS) is 13.6. The largest absolute Gasteiger partial charge is 0.358 e.